The van der Waals surface area contributed by atoms with Gasteiger partial charge in [0.25, 0.3) is 0 Å². The molecule has 0 saturated carbocycles. The van der Waals surface area contributed by atoms with Gasteiger partial charge in [-0.3, -0.25) is 9.09 Å². The van der Waals surface area contributed by atoms with E-state index in [0.29, 0.717) is 5.52 Å². The molecule has 35 heavy (non-hydrogen) atoms. The normalized spacial score (nSPS) is 29.4. The van der Waals surface area contributed by atoms with E-state index in [1.54, 1.807) is 0 Å². The van der Waals surface area contributed by atoms with Gasteiger partial charge in [-0.15, -0.1) is 6.42 Å². The summed E-state index contributed by atoms with van der Waals surface area (Å²) >= 11 is 0. The number of nitrogen functional groups attached to an aromatic ring is 1. The number of nitrogens with two attached hydrogens (primary N) is 2. The number of aromatic nitrogens is 4. The Morgan fingerprint density at radius 3 is 2.49 bits per heavy atom. The second kappa shape index (κ2) is 9.58. The van der Waals surface area contributed by atoms with Crippen LogP contribution in [0.15, 0.2) is 12.5 Å². The number of nitrogens with zero attached hydrogens (tertiary/aromatic N) is 4. The van der Waals surface area contributed by atoms with Gasteiger partial charge in [0.05, 0.1) is 31.3 Å². The lowest BCUT2D eigenvalue weighted by Gasteiger charge is -2.30. The molecule has 2 aromatic heterocycles. The number of imidazole rings is 1. The Balaban J connectivity index is 1.90. The summed E-state index contributed by atoms with van der Waals surface area (Å²) in [6.07, 6.45) is 4.15. The zero-order valence-electron chi connectivity index (χ0n) is 17.6. The summed E-state index contributed by atoms with van der Waals surface area (Å²) in [5.41, 5.74) is 10.7. The Morgan fingerprint density at radius 1 is 1.26 bits per heavy atom. The van der Waals surface area contributed by atoms with Crippen molar-refractivity contribution in [2.24, 2.45) is 11.7 Å². The Bertz CT molecular complexity index is 1290. The quantitative estimate of drug-likeness (QED) is 0.143. The molecule has 194 valence electrons. The van der Waals surface area contributed by atoms with Crippen LogP contribution in [0, 0.1) is 18.3 Å². The lowest BCUT2D eigenvalue weighted by Crippen LogP contribution is -2.52. The second-order valence-corrected chi connectivity index (χ2v) is 11.7. The third-order valence-corrected chi connectivity index (χ3v) is 8.84. The minimum absolute atomic E-state index is 0.100. The number of terminal acetylenes is 1. The van der Waals surface area contributed by atoms with Gasteiger partial charge in [0.2, 0.25) is 5.95 Å². The van der Waals surface area contributed by atoms with E-state index in [-0.39, 0.29) is 11.6 Å². The number of ether oxygens (including phenoxy) is 1. The second-order valence-electron chi connectivity index (χ2n) is 7.31. The molecule has 1 fully saturated rings. The third kappa shape index (κ3) is 5.96. The van der Waals surface area contributed by atoms with Crippen LogP contribution in [0.3, 0.4) is 0 Å². The molecule has 0 spiro atoms. The van der Waals surface area contributed by atoms with E-state index in [2.05, 4.69) is 29.5 Å². The molecule has 1 aliphatic rings. The van der Waals surface area contributed by atoms with Gasteiger partial charge < -0.3 is 40.9 Å². The van der Waals surface area contributed by atoms with Crippen molar-refractivity contribution in [3.63, 3.8) is 0 Å². The highest BCUT2D eigenvalue weighted by Crippen LogP contribution is 2.66. The number of phosphoric ester groups is 1. The minimum Gasteiger partial charge on any atom is -0.396 e. The van der Waals surface area contributed by atoms with Crippen molar-refractivity contribution in [2.45, 2.75) is 30.9 Å². The first kappa shape index (κ1) is 27.8. The maximum absolute atomic E-state index is 12.2. The Kier molecular flexibility index (Phi) is 7.60. The highest BCUT2D eigenvalue weighted by Gasteiger charge is 2.57. The molecule has 21 heteroatoms. The van der Waals surface area contributed by atoms with Crippen LogP contribution in [0.2, 0.25) is 0 Å². The zero-order chi connectivity index (χ0) is 26.4. The summed E-state index contributed by atoms with van der Waals surface area (Å²) < 4.78 is 54.0. The topological polar surface area (TPSA) is 285 Å². The fourth-order valence-corrected chi connectivity index (χ4v) is 6.76. The molecule has 1 aliphatic heterocycles. The Hall–Kier alpha value is -1.80. The molecule has 9 N–H and O–H groups in total. The van der Waals surface area contributed by atoms with Crippen molar-refractivity contribution in [2.75, 3.05) is 12.3 Å². The Labute approximate surface area is 196 Å². The van der Waals surface area contributed by atoms with E-state index in [0.717, 1.165) is 6.92 Å². The van der Waals surface area contributed by atoms with Crippen LogP contribution in [0.4, 0.5) is 5.95 Å². The predicted molar refractivity (Wildman–Crippen MR) is 114 cm³/mol. The fourth-order valence-electron chi connectivity index (χ4n) is 3.56. The molecular weight excluding hydrogens is 537 g/mol. The maximum atomic E-state index is 12.2. The number of aliphatic hydroxyl groups is 1. The molecule has 18 nitrogen and oxygen atoms in total. The number of rotatable bonds is 9. The van der Waals surface area contributed by atoms with Crippen LogP contribution in [-0.4, -0.2) is 68.6 Å². The first-order valence-electron chi connectivity index (χ1n) is 9.32. The smallest absolute Gasteiger partial charge is 0.396 e. The molecule has 0 aliphatic carbocycles. The number of anilines is 1. The van der Waals surface area contributed by atoms with Gasteiger partial charge in [0.15, 0.2) is 11.9 Å². The van der Waals surface area contributed by atoms with Crippen molar-refractivity contribution < 1.29 is 56.3 Å². The SMILES string of the molecule is C#CC1(N)C(CO)[C@@H]([C@@H](C)OP(=O)(O)OP(=O)(O)OP(=O)(O)O)O[C@H]1n1cnc2cnc(N)nc21. The van der Waals surface area contributed by atoms with E-state index >= 15 is 0 Å². The molecule has 3 rings (SSSR count). The van der Waals surface area contributed by atoms with Gasteiger partial charge in [0, 0.05) is 5.92 Å². The lowest BCUT2D eigenvalue weighted by atomic mass is 9.82. The van der Waals surface area contributed by atoms with Crippen LogP contribution in [0.5, 0.6) is 0 Å². The number of phosphoric acid groups is 3. The van der Waals surface area contributed by atoms with Gasteiger partial charge in [-0.1, -0.05) is 5.92 Å². The first-order chi connectivity index (χ1) is 16.0. The molecule has 0 radical (unpaired) electrons. The minimum atomic E-state index is -5.75. The third-order valence-electron chi connectivity index (χ3n) is 4.92. The first-order valence-corrected chi connectivity index (χ1v) is 13.8. The summed E-state index contributed by atoms with van der Waals surface area (Å²) in [6, 6.07) is 0. The van der Waals surface area contributed by atoms with Gasteiger partial charge in [-0.2, -0.15) is 13.6 Å². The molecule has 0 amide bonds. The predicted octanol–water partition coefficient (Wildman–Crippen LogP) is -1.02. The largest absolute Gasteiger partial charge is 0.490 e. The van der Waals surface area contributed by atoms with Crippen LogP contribution < -0.4 is 11.5 Å². The maximum Gasteiger partial charge on any atom is 0.490 e. The number of hydrogen-bond donors (Lipinski definition) is 7. The van der Waals surface area contributed by atoms with E-state index in [1.165, 1.54) is 17.1 Å². The molecule has 0 aromatic carbocycles. The van der Waals surface area contributed by atoms with Crippen LogP contribution in [0.25, 0.3) is 11.2 Å². The van der Waals surface area contributed by atoms with E-state index in [1.807, 2.05) is 0 Å². The van der Waals surface area contributed by atoms with Gasteiger partial charge in [-0.05, 0) is 6.92 Å². The highest BCUT2D eigenvalue weighted by atomic mass is 31.3. The van der Waals surface area contributed by atoms with Crippen LogP contribution in [-0.2, 0) is 31.6 Å². The van der Waals surface area contributed by atoms with Gasteiger partial charge in [0.1, 0.15) is 11.1 Å². The standard InChI is InChI=1S/C14H21N6O12P3/c1-3-14(16)8(5-21)10(7(2)30-34(25,26)32-35(27,28)31-33(22,23)24)29-12(14)20-6-18-9-4-17-13(15)19-11(9)20/h1,4,6-8,10,12,21H,5,16H2,2H3,(H,25,26)(H,27,28)(H2,15,17,19)(H2,22,23,24)/t7-,8?,10-,12-,14?/m1/s1. The highest BCUT2D eigenvalue weighted by molar-refractivity contribution is 7.66. The number of fused-ring (bicyclic) bond motifs is 1. The summed E-state index contributed by atoms with van der Waals surface area (Å²) in [4.78, 5) is 48.4. The number of aliphatic hydroxyl groups excluding tert-OH is 1. The van der Waals surface area contributed by atoms with Crippen LogP contribution in [0.1, 0.15) is 13.2 Å². The van der Waals surface area contributed by atoms with E-state index in [4.69, 9.17) is 36.9 Å². The van der Waals surface area contributed by atoms with Crippen molar-refractivity contribution >= 4 is 40.6 Å². The van der Waals surface area contributed by atoms with Crippen molar-refractivity contribution in [3.05, 3.63) is 12.5 Å². The average Bonchev–Trinajstić information content (AvgIpc) is 3.22. The molecular formula is C14H21N6O12P3. The van der Waals surface area contributed by atoms with Crippen molar-refractivity contribution in [3.8, 4) is 12.3 Å². The summed E-state index contributed by atoms with van der Waals surface area (Å²) in [7, 11) is -16.8. The van der Waals surface area contributed by atoms with Gasteiger partial charge >= 0.3 is 23.5 Å². The summed E-state index contributed by atoms with van der Waals surface area (Å²) in [5, 5.41) is 10.0. The molecule has 0 bridgehead atoms. The lowest BCUT2D eigenvalue weighted by molar-refractivity contribution is -0.0656. The average molecular weight is 558 g/mol. The Morgan fingerprint density at radius 2 is 1.91 bits per heavy atom. The summed E-state index contributed by atoms with van der Waals surface area (Å²) in [5.74, 6) is 1.09. The monoisotopic (exact) mass is 558 g/mol. The zero-order valence-corrected chi connectivity index (χ0v) is 20.3. The van der Waals surface area contributed by atoms with Crippen molar-refractivity contribution in [1.29, 1.82) is 0 Å². The fraction of sp³-hybridized carbons (Fsp3) is 0.500. The van der Waals surface area contributed by atoms with Gasteiger partial charge in [-0.25, -0.2) is 23.7 Å². The molecule has 2 aromatic rings. The summed E-state index contributed by atoms with van der Waals surface area (Å²) in [6.45, 7) is 0.465. The molecule has 7 atom stereocenters. The number of hydrogen-bond acceptors (Lipinski definition) is 13. The molecule has 4 unspecified atom stereocenters. The van der Waals surface area contributed by atoms with E-state index in [9.17, 15) is 28.6 Å². The van der Waals surface area contributed by atoms with Crippen molar-refractivity contribution in [1.82, 2.24) is 19.5 Å². The molecule has 3 heterocycles. The van der Waals surface area contributed by atoms with Crippen LogP contribution >= 0.6 is 23.5 Å². The van der Waals surface area contributed by atoms with E-state index < -0.39 is 60.0 Å². The molecule has 1 saturated heterocycles.